The number of halogens is 1. The predicted molar refractivity (Wildman–Crippen MR) is 99.6 cm³/mol. The highest BCUT2D eigenvalue weighted by atomic mass is 35.5. The van der Waals surface area contributed by atoms with Crippen LogP contribution in [-0.4, -0.2) is 42.0 Å². The van der Waals surface area contributed by atoms with E-state index in [4.69, 9.17) is 0 Å². The summed E-state index contributed by atoms with van der Waals surface area (Å²) in [6.45, 7) is 1.86. The number of benzene rings is 1. The van der Waals surface area contributed by atoms with Crippen LogP contribution in [0, 0.1) is 0 Å². The lowest BCUT2D eigenvalue weighted by molar-refractivity contribution is -0.662. The Balaban J connectivity index is 0.00000280. The van der Waals surface area contributed by atoms with Crippen LogP contribution < -0.4 is 29.0 Å². The molecule has 1 unspecified atom stereocenters. The van der Waals surface area contributed by atoms with Gasteiger partial charge < -0.3 is 32.5 Å². The molecule has 0 bridgehead atoms. The fourth-order valence-electron chi connectivity index (χ4n) is 3.08. The monoisotopic (exact) mass is 409 g/mol. The summed E-state index contributed by atoms with van der Waals surface area (Å²) < 4.78 is 4.22. The Bertz CT molecular complexity index is 1050. The third-order valence-corrected chi connectivity index (χ3v) is 4.69. The number of aliphatic hydroxyl groups excluding tert-OH is 1. The van der Waals surface area contributed by atoms with Crippen molar-refractivity contribution in [1.29, 1.82) is 0 Å². The molecule has 1 atom stereocenters. The van der Waals surface area contributed by atoms with Crippen LogP contribution in [0.2, 0.25) is 0 Å². The molecule has 10 heteroatoms. The predicted octanol–water partition coefficient (Wildman–Crippen LogP) is -4.17. The van der Waals surface area contributed by atoms with Crippen molar-refractivity contribution in [3.05, 3.63) is 57.0 Å². The summed E-state index contributed by atoms with van der Waals surface area (Å²) >= 11 is 0. The van der Waals surface area contributed by atoms with Crippen molar-refractivity contribution in [3.8, 4) is 5.75 Å². The lowest BCUT2D eigenvalue weighted by atomic mass is 10.1. The summed E-state index contributed by atoms with van der Waals surface area (Å²) in [7, 11) is 3.06. The van der Waals surface area contributed by atoms with Crippen molar-refractivity contribution in [2.75, 3.05) is 13.1 Å². The minimum Gasteiger partial charge on any atom is -1.00 e. The summed E-state index contributed by atoms with van der Waals surface area (Å²) in [5.74, 6) is 0.172. The molecule has 0 saturated heterocycles. The fraction of sp³-hybridized carbons (Fsp3) is 0.389. The van der Waals surface area contributed by atoms with Crippen LogP contribution in [0.3, 0.4) is 0 Å². The molecule has 0 aliphatic carbocycles. The largest absolute Gasteiger partial charge is 1.00 e. The smallest absolute Gasteiger partial charge is 0.332 e. The molecule has 2 aromatic heterocycles. The van der Waals surface area contributed by atoms with Crippen molar-refractivity contribution in [2.24, 2.45) is 14.1 Å². The minimum atomic E-state index is -0.610. The molecule has 0 spiro atoms. The van der Waals surface area contributed by atoms with Crippen LogP contribution in [0.15, 0.2) is 40.2 Å². The first kappa shape index (κ1) is 21.7. The average molecular weight is 410 g/mol. The van der Waals surface area contributed by atoms with E-state index in [1.165, 1.54) is 11.6 Å². The van der Waals surface area contributed by atoms with Crippen LogP contribution >= 0.6 is 0 Å². The first-order valence-corrected chi connectivity index (χ1v) is 8.79. The van der Waals surface area contributed by atoms with Gasteiger partial charge in [-0.3, -0.25) is 13.9 Å². The third-order valence-electron chi connectivity index (χ3n) is 4.69. The highest BCUT2D eigenvalue weighted by molar-refractivity contribution is 5.69. The molecule has 0 saturated carbocycles. The average Bonchev–Trinajstić information content (AvgIpc) is 3.09. The number of aromatic hydroxyl groups is 1. The van der Waals surface area contributed by atoms with E-state index in [-0.39, 0.29) is 23.7 Å². The van der Waals surface area contributed by atoms with Crippen molar-refractivity contribution >= 4 is 11.2 Å². The molecule has 0 aliphatic rings. The number of aromatic nitrogens is 4. The van der Waals surface area contributed by atoms with Crippen LogP contribution in [0.25, 0.3) is 11.2 Å². The highest BCUT2D eigenvalue weighted by Crippen LogP contribution is 2.15. The number of rotatable bonds is 7. The second kappa shape index (κ2) is 9.05. The highest BCUT2D eigenvalue weighted by Gasteiger charge is 2.14. The maximum Gasteiger partial charge on any atom is 0.332 e. The van der Waals surface area contributed by atoms with Crippen LogP contribution in [0.1, 0.15) is 18.1 Å². The van der Waals surface area contributed by atoms with E-state index in [0.29, 0.717) is 24.3 Å². The van der Waals surface area contributed by atoms with E-state index in [1.807, 2.05) is 5.32 Å². The number of quaternary nitrogens is 1. The molecule has 0 amide bonds. The van der Waals surface area contributed by atoms with Crippen LogP contribution in [-0.2, 0) is 20.6 Å². The van der Waals surface area contributed by atoms with Gasteiger partial charge in [0.05, 0.1) is 12.9 Å². The molecule has 4 N–H and O–H groups in total. The first-order chi connectivity index (χ1) is 12.9. The van der Waals surface area contributed by atoms with E-state index in [9.17, 15) is 19.8 Å². The van der Waals surface area contributed by atoms with Gasteiger partial charge in [-0.2, -0.15) is 0 Å². The van der Waals surface area contributed by atoms with Crippen LogP contribution in [0.4, 0.5) is 0 Å². The Morgan fingerprint density at radius 2 is 1.82 bits per heavy atom. The molecule has 3 rings (SSSR count). The molecule has 1 aromatic carbocycles. The summed E-state index contributed by atoms with van der Waals surface area (Å²) in [5, 5.41) is 21.4. The molecule has 0 aliphatic heterocycles. The molecule has 3 aromatic rings. The van der Waals surface area contributed by atoms with E-state index >= 15 is 0 Å². The Labute approximate surface area is 167 Å². The van der Waals surface area contributed by atoms with Gasteiger partial charge in [-0.15, -0.1) is 0 Å². The molecule has 28 heavy (non-hydrogen) atoms. The number of phenolic OH excluding ortho intramolecular Hbond substituents is 1. The maximum atomic E-state index is 12.4. The second-order valence-corrected chi connectivity index (χ2v) is 6.59. The lowest BCUT2D eigenvalue weighted by Gasteiger charge is -2.10. The number of imidazole rings is 1. The number of phenols is 1. The van der Waals surface area contributed by atoms with Gasteiger partial charge >= 0.3 is 5.69 Å². The number of aryl methyl sites for hydroxylation is 2. The number of nitrogens with two attached hydrogens (primary N) is 1. The Hall–Kier alpha value is -2.62. The molecule has 2 heterocycles. The van der Waals surface area contributed by atoms with Crippen molar-refractivity contribution in [2.45, 2.75) is 19.1 Å². The Morgan fingerprint density at radius 3 is 2.50 bits per heavy atom. The van der Waals surface area contributed by atoms with Gasteiger partial charge in [-0.05, 0) is 17.7 Å². The van der Waals surface area contributed by atoms with Gasteiger partial charge in [0.25, 0.3) is 5.56 Å². The van der Waals surface area contributed by atoms with Gasteiger partial charge in [-0.25, -0.2) is 9.78 Å². The molecule has 0 radical (unpaired) electrons. The molecule has 9 nitrogen and oxygen atoms in total. The number of hydrogen-bond acceptors (Lipinski definition) is 5. The standard InChI is InChI=1S/C18H23N5O4.ClH/c1-21-16-15(17(26)22(2)18(21)27)23(11-20-16)9-3-8-19-10-14(25)12-4-6-13(24)7-5-12;/h4-7,11,14,19,24-25H,3,8-10H2,1-2H3;1H. The quantitative estimate of drug-likeness (QED) is 0.342. The zero-order valence-electron chi connectivity index (χ0n) is 15.7. The topological polar surface area (TPSA) is 119 Å². The second-order valence-electron chi connectivity index (χ2n) is 6.59. The van der Waals surface area contributed by atoms with E-state index in [2.05, 4.69) is 4.98 Å². The number of nitrogens with zero attached hydrogens (tertiary/aromatic N) is 4. The summed E-state index contributed by atoms with van der Waals surface area (Å²) in [6, 6.07) is 6.50. The molecule has 0 fully saturated rings. The summed E-state index contributed by atoms with van der Waals surface area (Å²) in [4.78, 5) is 28.5. The first-order valence-electron chi connectivity index (χ1n) is 8.79. The van der Waals surface area contributed by atoms with Crippen molar-refractivity contribution in [1.82, 2.24) is 18.7 Å². The van der Waals surface area contributed by atoms with Gasteiger partial charge in [0.2, 0.25) is 0 Å². The zero-order valence-corrected chi connectivity index (χ0v) is 16.5. The van der Waals surface area contributed by atoms with Gasteiger partial charge in [0.15, 0.2) is 11.2 Å². The number of aliphatic hydroxyl groups is 1. The SMILES string of the molecule is Cn1c(=O)c2c(ncn2CCC[NH2+]CC(O)c2ccc(O)cc2)n(C)c1=O.[Cl-]. The van der Waals surface area contributed by atoms with Crippen LogP contribution in [0.5, 0.6) is 5.75 Å². The van der Waals surface area contributed by atoms with Crippen molar-refractivity contribution < 1.29 is 27.9 Å². The van der Waals surface area contributed by atoms with E-state index < -0.39 is 11.8 Å². The fourth-order valence-corrected chi connectivity index (χ4v) is 3.08. The Morgan fingerprint density at radius 1 is 1.14 bits per heavy atom. The number of fused-ring (bicyclic) bond motifs is 1. The van der Waals surface area contributed by atoms with Crippen molar-refractivity contribution in [3.63, 3.8) is 0 Å². The van der Waals surface area contributed by atoms with Gasteiger partial charge in [0, 0.05) is 27.1 Å². The zero-order chi connectivity index (χ0) is 19.6. The molecular formula is C18H24ClN5O4. The van der Waals surface area contributed by atoms with Gasteiger partial charge in [0.1, 0.15) is 18.4 Å². The molecular weight excluding hydrogens is 386 g/mol. The normalized spacial score (nSPS) is 12.1. The van der Waals surface area contributed by atoms with E-state index in [1.54, 1.807) is 42.2 Å². The van der Waals surface area contributed by atoms with Gasteiger partial charge in [-0.1, -0.05) is 12.1 Å². The number of hydrogen-bond donors (Lipinski definition) is 3. The van der Waals surface area contributed by atoms with E-state index in [0.717, 1.165) is 23.1 Å². The summed E-state index contributed by atoms with van der Waals surface area (Å²) in [6.07, 6.45) is 1.75. The lowest BCUT2D eigenvalue weighted by Crippen LogP contribution is -3.00. The minimum absolute atomic E-state index is 0. The third kappa shape index (κ3) is 4.27. The Kier molecular flexibility index (Phi) is 7.00. The summed E-state index contributed by atoms with van der Waals surface area (Å²) in [5.41, 5.74) is 0.819. The maximum absolute atomic E-state index is 12.4. The molecule has 152 valence electrons.